The number of nitrogens with zero attached hydrogens (tertiary/aromatic N) is 2. The van der Waals surface area contributed by atoms with Crippen LogP contribution in [0.2, 0.25) is 0 Å². The maximum absolute atomic E-state index is 13.5. The van der Waals surface area contributed by atoms with Crippen LogP contribution in [0.3, 0.4) is 0 Å². The number of allylic oxidation sites excluding steroid dienone is 4. The van der Waals surface area contributed by atoms with Crippen molar-refractivity contribution in [3.8, 4) is 0 Å². The summed E-state index contributed by atoms with van der Waals surface area (Å²) in [5.74, 6) is -0.112. The lowest BCUT2D eigenvalue weighted by Gasteiger charge is -2.24. The second kappa shape index (κ2) is 6.93. The summed E-state index contributed by atoms with van der Waals surface area (Å²) in [6.45, 7) is 4.01. The maximum Gasteiger partial charge on any atom is 0.413 e. The maximum atomic E-state index is 13.5. The van der Waals surface area contributed by atoms with Crippen molar-refractivity contribution >= 4 is 22.4 Å². The molecular weight excluding hydrogens is 363 g/mol. The zero-order chi connectivity index (χ0) is 19.9. The summed E-state index contributed by atoms with van der Waals surface area (Å²) >= 11 is 0. The number of aromatic nitrogens is 1. The Morgan fingerprint density at radius 1 is 1.18 bits per heavy atom. The molecule has 144 valence electrons. The van der Waals surface area contributed by atoms with Crippen molar-refractivity contribution in [1.82, 2.24) is 4.98 Å². The van der Waals surface area contributed by atoms with Crippen molar-refractivity contribution in [2.75, 3.05) is 5.32 Å². The van der Waals surface area contributed by atoms with Crippen molar-refractivity contribution in [3.05, 3.63) is 71.5 Å². The SMILES string of the molecule is CC1=CC(Nc2cc(C3CC=CC=C3C(F)(F)F)nc3ccccc23)=N[C@H]1C. The molecule has 2 atom stereocenters. The first-order chi connectivity index (χ1) is 13.3. The molecule has 1 aliphatic heterocycles. The Kier molecular flexibility index (Phi) is 4.57. The smallest absolute Gasteiger partial charge is 0.340 e. The Labute approximate surface area is 161 Å². The molecule has 6 heteroatoms. The third kappa shape index (κ3) is 3.46. The largest absolute Gasteiger partial charge is 0.413 e. The molecule has 1 aromatic carbocycles. The molecule has 0 bridgehead atoms. The Balaban J connectivity index is 1.80. The Morgan fingerprint density at radius 3 is 2.68 bits per heavy atom. The highest BCUT2D eigenvalue weighted by atomic mass is 19.4. The van der Waals surface area contributed by atoms with Crippen LogP contribution in [0.1, 0.15) is 31.9 Å². The van der Waals surface area contributed by atoms with Crippen LogP contribution in [0.25, 0.3) is 10.9 Å². The highest BCUT2D eigenvalue weighted by Crippen LogP contribution is 2.42. The standard InChI is InChI=1S/C22H20F3N3/c1-13-11-21(26-14(13)2)28-20-12-19(27-18-10-6-4-8-16(18)20)15-7-3-5-9-17(15)22(23,24)25/h3-6,8-12,14-15H,7H2,1-2H3,(H,26,27,28)/t14-,15?/m0/s1. The number of halogens is 3. The molecule has 2 aromatic rings. The Hall–Kier alpha value is -2.89. The minimum Gasteiger partial charge on any atom is -0.340 e. The molecule has 2 aliphatic rings. The van der Waals surface area contributed by atoms with Gasteiger partial charge in [0.05, 0.1) is 22.9 Å². The molecule has 1 N–H and O–H groups in total. The molecule has 0 fully saturated rings. The van der Waals surface area contributed by atoms with E-state index in [0.717, 1.165) is 17.0 Å². The summed E-state index contributed by atoms with van der Waals surface area (Å²) in [6.07, 6.45) is 2.20. The van der Waals surface area contributed by atoms with Crippen molar-refractivity contribution in [1.29, 1.82) is 0 Å². The average Bonchev–Trinajstić information content (AvgIpc) is 2.98. The fraction of sp³-hybridized carbons (Fsp3) is 0.273. The zero-order valence-electron chi connectivity index (χ0n) is 15.6. The van der Waals surface area contributed by atoms with Gasteiger partial charge in [-0.1, -0.05) is 36.4 Å². The van der Waals surface area contributed by atoms with E-state index in [1.165, 1.54) is 6.08 Å². The summed E-state index contributed by atoms with van der Waals surface area (Å²) in [4.78, 5) is 9.12. The van der Waals surface area contributed by atoms with E-state index >= 15 is 0 Å². The normalized spacial score (nSPS) is 22.1. The topological polar surface area (TPSA) is 37.3 Å². The van der Waals surface area contributed by atoms with Crippen LogP contribution in [0.15, 0.2) is 70.8 Å². The zero-order valence-corrected chi connectivity index (χ0v) is 15.6. The lowest BCUT2D eigenvalue weighted by Crippen LogP contribution is -2.21. The fourth-order valence-electron chi connectivity index (χ4n) is 3.57. The quantitative estimate of drug-likeness (QED) is 0.698. The number of alkyl halides is 3. The molecule has 0 saturated carbocycles. The van der Waals surface area contributed by atoms with Gasteiger partial charge in [0.25, 0.3) is 0 Å². The van der Waals surface area contributed by atoms with E-state index in [9.17, 15) is 13.2 Å². The van der Waals surface area contributed by atoms with Gasteiger partial charge in [0.1, 0.15) is 5.84 Å². The fourth-order valence-corrected chi connectivity index (χ4v) is 3.57. The second-order valence-electron chi connectivity index (χ2n) is 7.15. The van der Waals surface area contributed by atoms with Crippen LogP contribution >= 0.6 is 0 Å². The van der Waals surface area contributed by atoms with Gasteiger partial charge >= 0.3 is 6.18 Å². The highest BCUT2D eigenvalue weighted by molar-refractivity contribution is 6.10. The number of pyridine rings is 1. The molecular formula is C22H20F3N3. The van der Waals surface area contributed by atoms with Crippen molar-refractivity contribution in [3.63, 3.8) is 0 Å². The Morgan fingerprint density at radius 2 is 1.96 bits per heavy atom. The molecule has 0 radical (unpaired) electrons. The first kappa shape index (κ1) is 18.5. The number of anilines is 1. The number of hydrogen-bond donors (Lipinski definition) is 1. The third-order valence-corrected chi connectivity index (χ3v) is 5.20. The van der Waals surface area contributed by atoms with Crippen molar-refractivity contribution in [2.24, 2.45) is 4.99 Å². The van der Waals surface area contributed by atoms with Crippen LogP contribution < -0.4 is 5.32 Å². The van der Waals surface area contributed by atoms with E-state index in [1.807, 2.05) is 44.2 Å². The second-order valence-corrected chi connectivity index (χ2v) is 7.15. The molecule has 3 nitrogen and oxygen atoms in total. The van der Waals surface area contributed by atoms with Crippen LogP contribution in [-0.4, -0.2) is 23.0 Å². The minimum atomic E-state index is -4.39. The number of para-hydroxylation sites is 1. The molecule has 0 amide bonds. The van der Waals surface area contributed by atoms with Crippen molar-refractivity contribution < 1.29 is 13.2 Å². The van der Waals surface area contributed by atoms with Gasteiger partial charge in [0, 0.05) is 16.9 Å². The third-order valence-electron chi connectivity index (χ3n) is 5.20. The monoisotopic (exact) mass is 383 g/mol. The molecule has 2 heterocycles. The summed E-state index contributed by atoms with van der Waals surface area (Å²) in [5, 5.41) is 4.14. The van der Waals surface area contributed by atoms with Gasteiger partial charge in [-0.3, -0.25) is 9.98 Å². The predicted octanol–water partition coefficient (Wildman–Crippen LogP) is 5.93. The number of amidine groups is 1. The van der Waals surface area contributed by atoms with E-state index < -0.39 is 17.7 Å². The van der Waals surface area contributed by atoms with Gasteiger partial charge in [-0.25, -0.2) is 0 Å². The number of fused-ring (bicyclic) bond motifs is 1. The van der Waals surface area contributed by atoms with E-state index in [-0.39, 0.29) is 12.5 Å². The number of rotatable bonds is 2. The van der Waals surface area contributed by atoms with Gasteiger partial charge in [-0.05, 0) is 44.1 Å². The number of benzene rings is 1. The number of aliphatic imine (C=N–C) groups is 1. The first-order valence-corrected chi connectivity index (χ1v) is 9.19. The Bertz CT molecular complexity index is 1040. The molecule has 0 saturated heterocycles. The van der Waals surface area contributed by atoms with Crippen LogP contribution in [0.5, 0.6) is 0 Å². The molecule has 1 aliphatic carbocycles. The molecule has 4 rings (SSSR count). The minimum absolute atomic E-state index is 0.0957. The molecule has 1 aromatic heterocycles. The lowest BCUT2D eigenvalue weighted by atomic mass is 9.87. The van der Waals surface area contributed by atoms with E-state index in [1.54, 1.807) is 12.1 Å². The van der Waals surface area contributed by atoms with Crippen molar-refractivity contribution in [2.45, 2.75) is 38.4 Å². The first-order valence-electron chi connectivity index (χ1n) is 9.19. The van der Waals surface area contributed by atoms with Crippen LogP contribution in [-0.2, 0) is 0 Å². The van der Waals surface area contributed by atoms with E-state index in [2.05, 4.69) is 15.3 Å². The van der Waals surface area contributed by atoms with E-state index in [4.69, 9.17) is 0 Å². The lowest BCUT2D eigenvalue weighted by molar-refractivity contribution is -0.0961. The van der Waals surface area contributed by atoms with Crippen LogP contribution in [0, 0.1) is 0 Å². The van der Waals surface area contributed by atoms with Gasteiger partial charge in [-0.2, -0.15) is 13.2 Å². The average molecular weight is 383 g/mol. The van der Waals surface area contributed by atoms with Gasteiger partial charge in [0.15, 0.2) is 0 Å². The summed E-state index contributed by atoms with van der Waals surface area (Å²) in [7, 11) is 0. The highest BCUT2D eigenvalue weighted by Gasteiger charge is 2.40. The van der Waals surface area contributed by atoms with Gasteiger partial charge in [-0.15, -0.1) is 0 Å². The molecule has 1 unspecified atom stereocenters. The predicted molar refractivity (Wildman–Crippen MR) is 107 cm³/mol. The van der Waals surface area contributed by atoms with E-state index in [0.29, 0.717) is 22.7 Å². The number of nitrogens with one attached hydrogen (secondary N) is 1. The summed E-state index contributed by atoms with van der Waals surface area (Å²) in [5.41, 5.74) is 2.35. The molecule has 0 spiro atoms. The van der Waals surface area contributed by atoms with Crippen LogP contribution in [0.4, 0.5) is 18.9 Å². The number of hydrogen-bond acceptors (Lipinski definition) is 3. The van der Waals surface area contributed by atoms with Gasteiger partial charge < -0.3 is 5.32 Å². The summed E-state index contributed by atoms with van der Waals surface area (Å²) < 4.78 is 40.6. The molecule has 28 heavy (non-hydrogen) atoms. The summed E-state index contributed by atoms with van der Waals surface area (Å²) in [6, 6.07) is 9.27. The van der Waals surface area contributed by atoms with Gasteiger partial charge in [0.2, 0.25) is 0 Å².